The molecule has 0 saturated heterocycles. The lowest BCUT2D eigenvalue weighted by molar-refractivity contribution is 0.632. The molecule has 7 nitrogen and oxygen atoms in total. The molecule has 2 N–H and O–H groups in total. The van der Waals surface area contributed by atoms with E-state index in [0.717, 1.165) is 44.4 Å². The first kappa shape index (κ1) is 17.8. The van der Waals surface area contributed by atoms with Crippen molar-refractivity contribution in [3.05, 3.63) is 42.5 Å². The van der Waals surface area contributed by atoms with Crippen LogP contribution < -0.4 is 15.5 Å². The molecule has 0 saturated carbocycles. The molecule has 0 spiro atoms. The minimum Gasteiger partial charge on any atom is -0.373 e. The number of hydrogen-bond acceptors (Lipinski definition) is 4. The number of aliphatic imine (C=N–C) groups is 1. The molecule has 0 radical (unpaired) electrons. The van der Waals surface area contributed by atoms with Crippen molar-refractivity contribution < 1.29 is 0 Å². The third-order valence-corrected chi connectivity index (χ3v) is 3.82. The van der Waals surface area contributed by atoms with Gasteiger partial charge in [-0.2, -0.15) is 0 Å². The molecule has 130 valence electrons. The first-order valence-electron chi connectivity index (χ1n) is 8.32. The zero-order valence-electron chi connectivity index (χ0n) is 14.7. The van der Waals surface area contributed by atoms with Crippen LogP contribution in [0.1, 0.15) is 12.7 Å². The topological polar surface area (TPSA) is 70.4 Å². The highest BCUT2D eigenvalue weighted by Crippen LogP contribution is 2.09. The Morgan fingerprint density at radius 3 is 2.67 bits per heavy atom. The third-order valence-electron chi connectivity index (χ3n) is 3.82. The SMILES string of the molecule is CCc1nncn1CCNC(=NC)NCCN(C)c1ccccc1. The van der Waals surface area contributed by atoms with Crippen molar-refractivity contribution in [1.29, 1.82) is 0 Å². The molecule has 0 aliphatic rings. The van der Waals surface area contributed by atoms with E-state index >= 15 is 0 Å². The van der Waals surface area contributed by atoms with Gasteiger partial charge in [-0.15, -0.1) is 10.2 Å². The van der Waals surface area contributed by atoms with Crippen molar-refractivity contribution in [2.24, 2.45) is 4.99 Å². The molecule has 24 heavy (non-hydrogen) atoms. The summed E-state index contributed by atoms with van der Waals surface area (Å²) < 4.78 is 2.06. The Morgan fingerprint density at radius 1 is 1.21 bits per heavy atom. The lowest BCUT2D eigenvalue weighted by atomic mass is 10.3. The number of aryl methyl sites for hydroxylation is 1. The first-order chi connectivity index (χ1) is 11.7. The van der Waals surface area contributed by atoms with Crippen LogP contribution in [0.4, 0.5) is 5.69 Å². The molecule has 0 bridgehead atoms. The molecular weight excluding hydrogens is 302 g/mol. The standard InChI is InChI=1S/C17H27N7/c1-4-16-22-21-14-24(16)13-11-20-17(18-2)19-10-12-23(3)15-8-6-5-7-9-15/h5-9,14H,4,10-13H2,1-3H3,(H2,18,19,20). The summed E-state index contributed by atoms with van der Waals surface area (Å²) in [5.74, 6) is 1.81. The van der Waals surface area contributed by atoms with Gasteiger partial charge in [0.15, 0.2) is 5.96 Å². The Morgan fingerprint density at radius 2 is 1.96 bits per heavy atom. The minimum absolute atomic E-state index is 0.777. The van der Waals surface area contributed by atoms with E-state index in [1.165, 1.54) is 5.69 Å². The second kappa shape index (κ2) is 9.54. The van der Waals surface area contributed by atoms with E-state index in [4.69, 9.17) is 0 Å². The second-order valence-electron chi connectivity index (χ2n) is 5.48. The fourth-order valence-corrected chi connectivity index (χ4v) is 2.41. The van der Waals surface area contributed by atoms with E-state index in [-0.39, 0.29) is 0 Å². The Kier molecular flexibility index (Phi) is 7.07. The number of anilines is 1. The van der Waals surface area contributed by atoms with Gasteiger partial charge < -0.3 is 20.1 Å². The van der Waals surface area contributed by atoms with Gasteiger partial charge >= 0.3 is 0 Å². The van der Waals surface area contributed by atoms with Gasteiger partial charge in [-0.1, -0.05) is 25.1 Å². The van der Waals surface area contributed by atoms with Crippen LogP contribution in [0.2, 0.25) is 0 Å². The average molecular weight is 329 g/mol. The van der Waals surface area contributed by atoms with Crippen molar-refractivity contribution in [1.82, 2.24) is 25.4 Å². The van der Waals surface area contributed by atoms with E-state index in [1.807, 2.05) is 6.07 Å². The maximum atomic E-state index is 4.25. The van der Waals surface area contributed by atoms with Gasteiger partial charge in [-0.3, -0.25) is 4.99 Å². The maximum Gasteiger partial charge on any atom is 0.191 e. The molecule has 0 unspecified atom stereocenters. The van der Waals surface area contributed by atoms with Crippen molar-refractivity contribution in [3.63, 3.8) is 0 Å². The van der Waals surface area contributed by atoms with E-state index in [2.05, 4.69) is 73.5 Å². The van der Waals surface area contributed by atoms with Crippen molar-refractivity contribution in [2.45, 2.75) is 19.9 Å². The van der Waals surface area contributed by atoms with Gasteiger partial charge in [-0.25, -0.2) is 0 Å². The quantitative estimate of drug-likeness (QED) is 0.561. The number of guanidine groups is 1. The fourth-order valence-electron chi connectivity index (χ4n) is 2.41. The van der Waals surface area contributed by atoms with Crippen LogP contribution in [0.5, 0.6) is 0 Å². The van der Waals surface area contributed by atoms with Crippen LogP contribution in [0, 0.1) is 0 Å². The highest BCUT2D eigenvalue weighted by atomic mass is 15.3. The monoisotopic (exact) mass is 329 g/mol. The van der Waals surface area contributed by atoms with Crippen molar-refractivity contribution in [2.75, 3.05) is 38.6 Å². The lowest BCUT2D eigenvalue weighted by Crippen LogP contribution is -2.42. The van der Waals surface area contributed by atoms with Gasteiger partial charge in [-0.05, 0) is 12.1 Å². The largest absolute Gasteiger partial charge is 0.373 e. The lowest BCUT2D eigenvalue weighted by Gasteiger charge is -2.20. The molecule has 2 aromatic rings. The van der Waals surface area contributed by atoms with Gasteiger partial charge in [0.1, 0.15) is 12.2 Å². The number of para-hydroxylation sites is 1. The first-order valence-corrected chi connectivity index (χ1v) is 8.32. The molecule has 0 atom stereocenters. The number of likely N-dealkylation sites (N-methyl/N-ethyl adjacent to an activating group) is 1. The predicted molar refractivity (Wildman–Crippen MR) is 98.5 cm³/mol. The van der Waals surface area contributed by atoms with Crippen LogP contribution in [-0.2, 0) is 13.0 Å². The Bertz CT molecular complexity index is 621. The molecule has 7 heteroatoms. The molecule has 1 aromatic carbocycles. The smallest absolute Gasteiger partial charge is 0.191 e. The summed E-state index contributed by atoms with van der Waals surface area (Å²) >= 11 is 0. The van der Waals surface area contributed by atoms with E-state index in [1.54, 1.807) is 13.4 Å². The molecule has 0 aliphatic heterocycles. The Balaban J connectivity index is 1.69. The molecule has 1 heterocycles. The summed E-state index contributed by atoms with van der Waals surface area (Å²) in [7, 11) is 3.87. The van der Waals surface area contributed by atoms with Crippen LogP contribution in [0.15, 0.2) is 41.7 Å². The highest BCUT2D eigenvalue weighted by Gasteiger charge is 2.03. The maximum absolute atomic E-state index is 4.25. The summed E-state index contributed by atoms with van der Waals surface area (Å²) in [6.07, 6.45) is 2.66. The Hall–Kier alpha value is -2.57. The normalized spacial score (nSPS) is 11.4. The number of benzene rings is 1. The minimum atomic E-state index is 0.777. The van der Waals surface area contributed by atoms with Gasteiger partial charge in [0.25, 0.3) is 0 Å². The van der Waals surface area contributed by atoms with Crippen LogP contribution in [-0.4, -0.2) is 54.5 Å². The number of aromatic nitrogens is 3. The fraction of sp³-hybridized carbons (Fsp3) is 0.471. The summed E-state index contributed by atoms with van der Waals surface area (Å²) in [5, 5.41) is 14.7. The number of nitrogens with zero attached hydrogens (tertiary/aromatic N) is 5. The molecule has 0 amide bonds. The third kappa shape index (κ3) is 5.26. The number of hydrogen-bond donors (Lipinski definition) is 2. The highest BCUT2D eigenvalue weighted by molar-refractivity contribution is 5.79. The van der Waals surface area contributed by atoms with Crippen LogP contribution in [0.3, 0.4) is 0 Å². The molecule has 0 aliphatic carbocycles. The number of nitrogens with one attached hydrogen (secondary N) is 2. The summed E-state index contributed by atoms with van der Waals surface area (Å²) in [6, 6.07) is 10.3. The molecule has 0 fully saturated rings. The van der Waals surface area contributed by atoms with E-state index in [9.17, 15) is 0 Å². The van der Waals surface area contributed by atoms with Crippen LogP contribution in [0.25, 0.3) is 0 Å². The van der Waals surface area contributed by atoms with E-state index in [0.29, 0.717) is 0 Å². The van der Waals surface area contributed by atoms with E-state index < -0.39 is 0 Å². The van der Waals surface area contributed by atoms with Gasteiger partial charge in [0.05, 0.1) is 0 Å². The van der Waals surface area contributed by atoms with Crippen LogP contribution >= 0.6 is 0 Å². The molecular formula is C17H27N7. The summed E-state index contributed by atoms with van der Waals surface area (Å²) in [4.78, 5) is 6.47. The van der Waals surface area contributed by atoms with Gasteiger partial charge in [0, 0.05) is 52.4 Å². The average Bonchev–Trinajstić information content (AvgIpc) is 3.08. The zero-order valence-corrected chi connectivity index (χ0v) is 14.7. The van der Waals surface area contributed by atoms with Gasteiger partial charge in [0.2, 0.25) is 0 Å². The number of rotatable bonds is 8. The second-order valence-corrected chi connectivity index (χ2v) is 5.48. The Labute approximate surface area is 143 Å². The van der Waals surface area contributed by atoms with Crippen molar-refractivity contribution >= 4 is 11.6 Å². The molecule has 2 rings (SSSR count). The predicted octanol–water partition coefficient (Wildman–Crippen LogP) is 1.14. The summed E-state index contributed by atoms with van der Waals surface area (Å²) in [5.41, 5.74) is 1.21. The molecule has 1 aromatic heterocycles. The zero-order chi connectivity index (χ0) is 17.2. The summed E-state index contributed by atoms with van der Waals surface area (Å²) in [6.45, 7) is 5.39. The van der Waals surface area contributed by atoms with Crippen molar-refractivity contribution in [3.8, 4) is 0 Å².